The zero-order chi connectivity index (χ0) is 9.19. The Kier molecular flexibility index (Phi) is 3.13. The highest BCUT2D eigenvalue weighted by Crippen LogP contribution is 2.41. The van der Waals surface area contributed by atoms with Crippen LogP contribution in [0.4, 0.5) is 0 Å². The minimum atomic E-state index is 0.0510. The zero-order valence-corrected chi connectivity index (χ0v) is 8.59. The fourth-order valence-corrected chi connectivity index (χ4v) is 2.37. The van der Waals surface area contributed by atoms with E-state index in [9.17, 15) is 0 Å². The van der Waals surface area contributed by atoms with Gasteiger partial charge < -0.3 is 9.47 Å². The summed E-state index contributed by atoms with van der Waals surface area (Å²) in [5, 5.41) is 0. The molecule has 1 aliphatic rings. The van der Waals surface area contributed by atoms with Crippen LogP contribution in [0.25, 0.3) is 0 Å². The molecule has 0 N–H and O–H groups in total. The molecule has 72 valence electrons. The summed E-state index contributed by atoms with van der Waals surface area (Å²) in [5.41, 5.74) is 0.0510. The standard InChI is InChI=1S/C10H20O2/c1-8-5-9(7-11-3)10(2,6-8)12-4/h8-9H,5-7H2,1-4H3/t8-,9+,10+/m1/s1. The molecule has 0 radical (unpaired) electrons. The van der Waals surface area contributed by atoms with Gasteiger partial charge in [-0.25, -0.2) is 0 Å². The Labute approximate surface area is 75.2 Å². The van der Waals surface area contributed by atoms with E-state index < -0.39 is 0 Å². The lowest BCUT2D eigenvalue weighted by atomic mass is 9.93. The van der Waals surface area contributed by atoms with Gasteiger partial charge in [0.1, 0.15) is 0 Å². The Morgan fingerprint density at radius 2 is 2.08 bits per heavy atom. The molecule has 0 aromatic heterocycles. The van der Waals surface area contributed by atoms with Crippen molar-refractivity contribution < 1.29 is 9.47 Å². The average molecular weight is 172 g/mol. The third-order valence-electron chi connectivity index (χ3n) is 3.14. The van der Waals surface area contributed by atoms with Gasteiger partial charge in [0.2, 0.25) is 0 Å². The normalized spacial score (nSPS) is 42.0. The zero-order valence-electron chi connectivity index (χ0n) is 8.59. The van der Waals surface area contributed by atoms with Crippen molar-refractivity contribution in [3.8, 4) is 0 Å². The second-order valence-corrected chi connectivity index (χ2v) is 4.21. The Hall–Kier alpha value is -0.0800. The van der Waals surface area contributed by atoms with Crippen molar-refractivity contribution in [2.24, 2.45) is 11.8 Å². The number of methoxy groups -OCH3 is 2. The summed E-state index contributed by atoms with van der Waals surface area (Å²) >= 11 is 0. The average Bonchev–Trinajstić information content (AvgIpc) is 2.29. The maximum atomic E-state index is 5.55. The summed E-state index contributed by atoms with van der Waals surface area (Å²) in [7, 11) is 3.57. The Morgan fingerprint density at radius 3 is 2.58 bits per heavy atom. The van der Waals surface area contributed by atoms with Crippen molar-refractivity contribution in [2.45, 2.75) is 32.3 Å². The van der Waals surface area contributed by atoms with Gasteiger partial charge in [-0.2, -0.15) is 0 Å². The van der Waals surface area contributed by atoms with Crippen LogP contribution in [0.15, 0.2) is 0 Å². The molecule has 12 heavy (non-hydrogen) atoms. The van der Waals surface area contributed by atoms with E-state index in [4.69, 9.17) is 9.47 Å². The van der Waals surface area contributed by atoms with E-state index in [-0.39, 0.29) is 5.60 Å². The predicted octanol–water partition coefficient (Wildman–Crippen LogP) is 2.08. The molecule has 1 aliphatic carbocycles. The molecular weight excluding hydrogens is 152 g/mol. The van der Waals surface area contributed by atoms with Gasteiger partial charge in [-0.15, -0.1) is 0 Å². The number of hydrogen-bond donors (Lipinski definition) is 0. The van der Waals surface area contributed by atoms with Crippen LogP contribution in [0.1, 0.15) is 26.7 Å². The Morgan fingerprint density at radius 1 is 1.42 bits per heavy atom. The van der Waals surface area contributed by atoms with Gasteiger partial charge in [-0.1, -0.05) is 6.92 Å². The highest BCUT2D eigenvalue weighted by Gasteiger charge is 2.42. The molecule has 3 atom stereocenters. The first-order chi connectivity index (χ1) is 5.62. The summed E-state index contributed by atoms with van der Waals surface area (Å²) in [5.74, 6) is 1.34. The van der Waals surface area contributed by atoms with E-state index in [1.807, 2.05) is 0 Å². The third-order valence-corrected chi connectivity index (χ3v) is 3.14. The van der Waals surface area contributed by atoms with Crippen molar-refractivity contribution in [3.05, 3.63) is 0 Å². The number of ether oxygens (including phenoxy) is 2. The lowest BCUT2D eigenvalue weighted by Crippen LogP contribution is -2.34. The lowest BCUT2D eigenvalue weighted by Gasteiger charge is -2.29. The van der Waals surface area contributed by atoms with Gasteiger partial charge >= 0.3 is 0 Å². The largest absolute Gasteiger partial charge is 0.384 e. The minimum Gasteiger partial charge on any atom is -0.384 e. The van der Waals surface area contributed by atoms with Crippen molar-refractivity contribution in [3.63, 3.8) is 0 Å². The SMILES string of the molecule is COC[C@@H]1C[C@@H](C)C[C@]1(C)OC. The first kappa shape index (κ1) is 10.0. The predicted molar refractivity (Wildman–Crippen MR) is 49.2 cm³/mol. The van der Waals surface area contributed by atoms with Crippen LogP contribution in [0.2, 0.25) is 0 Å². The van der Waals surface area contributed by atoms with Crippen molar-refractivity contribution >= 4 is 0 Å². The first-order valence-electron chi connectivity index (χ1n) is 4.66. The topological polar surface area (TPSA) is 18.5 Å². The molecule has 0 bridgehead atoms. The van der Waals surface area contributed by atoms with Crippen LogP contribution >= 0.6 is 0 Å². The highest BCUT2D eigenvalue weighted by atomic mass is 16.5. The summed E-state index contributed by atoms with van der Waals surface area (Å²) in [4.78, 5) is 0. The van der Waals surface area contributed by atoms with Crippen molar-refractivity contribution in [1.82, 2.24) is 0 Å². The van der Waals surface area contributed by atoms with Crippen LogP contribution in [-0.4, -0.2) is 26.4 Å². The lowest BCUT2D eigenvalue weighted by molar-refractivity contribution is -0.0481. The van der Waals surface area contributed by atoms with Gasteiger partial charge in [-0.05, 0) is 25.7 Å². The highest BCUT2D eigenvalue weighted by molar-refractivity contribution is 4.92. The van der Waals surface area contributed by atoms with E-state index >= 15 is 0 Å². The molecule has 0 spiro atoms. The van der Waals surface area contributed by atoms with Gasteiger partial charge in [0.15, 0.2) is 0 Å². The fourth-order valence-electron chi connectivity index (χ4n) is 2.37. The van der Waals surface area contributed by atoms with Crippen LogP contribution in [0.3, 0.4) is 0 Å². The smallest absolute Gasteiger partial charge is 0.0703 e. The van der Waals surface area contributed by atoms with Gasteiger partial charge in [-0.3, -0.25) is 0 Å². The maximum absolute atomic E-state index is 5.55. The van der Waals surface area contributed by atoms with Crippen LogP contribution < -0.4 is 0 Å². The Bertz CT molecular complexity index is 147. The first-order valence-corrected chi connectivity index (χ1v) is 4.66. The maximum Gasteiger partial charge on any atom is 0.0703 e. The summed E-state index contributed by atoms with van der Waals surface area (Å²) in [6.07, 6.45) is 2.40. The Balaban J connectivity index is 2.58. The van der Waals surface area contributed by atoms with Crippen molar-refractivity contribution in [1.29, 1.82) is 0 Å². The second-order valence-electron chi connectivity index (χ2n) is 4.21. The van der Waals surface area contributed by atoms with E-state index in [2.05, 4.69) is 13.8 Å². The molecule has 0 amide bonds. The monoisotopic (exact) mass is 172 g/mol. The summed E-state index contributed by atoms with van der Waals surface area (Å²) < 4.78 is 10.7. The molecule has 0 saturated heterocycles. The molecule has 2 nitrogen and oxygen atoms in total. The van der Waals surface area contributed by atoms with Gasteiger partial charge in [0.25, 0.3) is 0 Å². The van der Waals surface area contributed by atoms with E-state index in [1.54, 1.807) is 14.2 Å². The third kappa shape index (κ3) is 1.80. The molecular formula is C10H20O2. The van der Waals surface area contributed by atoms with Gasteiger partial charge in [0.05, 0.1) is 12.2 Å². The molecule has 0 unspecified atom stereocenters. The quantitative estimate of drug-likeness (QED) is 0.649. The second kappa shape index (κ2) is 3.75. The summed E-state index contributed by atoms with van der Waals surface area (Å²) in [6, 6.07) is 0. The van der Waals surface area contributed by atoms with Crippen LogP contribution in [0.5, 0.6) is 0 Å². The van der Waals surface area contributed by atoms with Crippen LogP contribution in [0, 0.1) is 11.8 Å². The van der Waals surface area contributed by atoms with E-state index in [1.165, 1.54) is 6.42 Å². The van der Waals surface area contributed by atoms with E-state index in [0.29, 0.717) is 5.92 Å². The van der Waals surface area contributed by atoms with E-state index in [0.717, 1.165) is 18.9 Å². The molecule has 0 heterocycles. The molecule has 2 heteroatoms. The van der Waals surface area contributed by atoms with Crippen LogP contribution in [-0.2, 0) is 9.47 Å². The molecule has 1 rings (SSSR count). The molecule has 0 aromatic carbocycles. The fraction of sp³-hybridized carbons (Fsp3) is 1.00. The summed E-state index contributed by atoms with van der Waals surface area (Å²) in [6.45, 7) is 5.31. The number of hydrogen-bond acceptors (Lipinski definition) is 2. The molecule has 0 aromatic rings. The number of rotatable bonds is 3. The molecule has 1 saturated carbocycles. The molecule has 1 fully saturated rings. The van der Waals surface area contributed by atoms with Crippen molar-refractivity contribution in [2.75, 3.05) is 20.8 Å². The minimum absolute atomic E-state index is 0.0510. The molecule has 0 aliphatic heterocycles. The van der Waals surface area contributed by atoms with Gasteiger partial charge in [0, 0.05) is 20.1 Å².